The first-order valence-electron chi connectivity index (χ1n) is 8.27. The van der Waals surface area contributed by atoms with Crippen LogP contribution >= 0.6 is 11.3 Å². The molecule has 0 saturated carbocycles. The molecule has 0 spiro atoms. The molecule has 0 unspecified atom stereocenters. The maximum atomic E-state index is 12.0. The number of aromatic nitrogens is 1. The molecule has 0 fully saturated rings. The molecular weight excluding hydrogens is 336 g/mol. The van der Waals surface area contributed by atoms with Gasteiger partial charge in [0, 0.05) is 11.0 Å². The second kappa shape index (κ2) is 9.22. The average Bonchev–Trinajstić information content (AvgIpc) is 2.91. The molecule has 0 aliphatic carbocycles. The zero-order valence-electron chi connectivity index (χ0n) is 15.1. The van der Waals surface area contributed by atoms with Crippen LogP contribution in [-0.4, -0.2) is 24.6 Å². The van der Waals surface area contributed by atoms with Gasteiger partial charge in [-0.2, -0.15) is 0 Å². The largest absolute Gasteiger partial charge is 0.493 e. The summed E-state index contributed by atoms with van der Waals surface area (Å²) in [6.07, 6.45) is 5.30. The maximum Gasteiger partial charge on any atom is 0.250 e. The number of nitrogens with zero attached hydrogens (tertiary/aromatic N) is 1. The lowest BCUT2D eigenvalue weighted by atomic mass is 10.2. The van der Waals surface area contributed by atoms with E-state index in [1.54, 1.807) is 13.2 Å². The van der Waals surface area contributed by atoms with Crippen molar-refractivity contribution in [2.45, 2.75) is 33.6 Å². The Bertz CT molecular complexity index is 734. The second-order valence-corrected chi connectivity index (χ2v) is 6.80. The fraction of sp³-hybridized carbons (Fsp3) is 0.368. The number of thiazole rings is 1. The van der Waals surface area contributed by atoms with Crippen LogP contribution in [0.1, 0.15) is 35.9 Å². The number of methoxy groups -OCH3 is 1. The predicted octanol–water partition coefficient (Wildman–Crippen LogP) is 4.60. The van der Waals surface area contributed by atoms with E-state index in [4.69, 9.17) is 9.47 Å². The second-order valence-electron chi connectivity index (χ2n) is 5.60. The first kappa shape index (κ1) is 19.0. The van der Waals surface area contributed by atoms with Gasteiger partial charge in [0.05, 0.1) is 19.4 Å². The maximum absolute atomic E-state index is 12.0. The van der Waals surface area contributed by atoms with Crippen LogP contribution in [0.25, 0.3) is 6.08 Å². The molecule has 0 saturated heterocycles. The van der Waals surface area contributed by atoms with E-state index in [0.29, 0.717) is 23.2 Å². The lowest BCUT2D eigenvalue weighted by Gasteiger charge is -2.10. The van der Waals surface area contributed by atoms with Gasteiger partial charge in [-0.05, 0) is 44.0 Å². The Labute approximate surface area is 152 Å². The Morgan fingerprint density at radius 2 is 2.12 bits per heavy atom. The van der Waals surface area contributed by atoms with Crippen molar-refractivity contribution in [3.8, 4) is 11.5 Å². The summed E-state index contributed by atoms with van der Waals surface area (Å²) in [5.41, 5.74) is 1.80. The molecule has 0 bridgehead atoms. The number of amides is 1. The van der Waals surface area contributed by atoms with Gasteiger partial charge in [-0.1, -0.05) is 19.4 Å². The quantitative estimate of drug-likeness (QED) is 0.552. The zero-order chi connectivity index (χ0) is 18.2. The molecule has 1 heterocycles. The summed E-state index contributed by atoms with van der Waals surface area (Å²) in [5, 5.41) is 3.39. The topological polar surface area (TPSA) is 60.5 Å². The molecule has 1 aromatic heterocycles. The summed E-state index contributed by atoms with van der Waals surface area (Å²) in [7, 11) is 1.61. The Balaban J connectivity index is 2.00. The van der Waals surface area contributed by atoms with Crippen molar-refractivity contribution in [2.75, 3.05) is 19.0 Å². The van der Waals surface area contributed by atoms with Crippen molar-refractivity contribution in [3.63, 3.8) is 0 Å². The van der Waals surface area contributed by atoms with Crippen LogP contribution in [0.4, 0.5) is 5.13 Å². The summed E-state index contributed by atoms with van der Waals surface area (Å²) in [6, 6.07) is 5.60. The average molecular weight is 360 g/mol. The number of anilines is 1. The van der Waals surface area contributed by atoms with Gasteiger partial charge in [0.25, 0.3) is 0 Å². The number of aryl methyl sites for hydroxylation is 2. The number of unbranched alkanes of at least 4 members (excludes halogenated alkanes) is 1. The van der Waals surface area contributed by atoms with E-state index in [-0.39, 0.29) is 5.91 Å². The van der Waals surface area contributed by atoms with Crippen LogP contribution in [-0.2, 0) is 4.79 Å². The predicted molar refractivity (Wildman–Crippen MR) is 103 cm³/mol. The van der Waals surface area contributed by atoms with Gasteiger partial charge >= 0.3 is 0 Å². The van der Waals surface area contributed by atoms with Gasteiger partial charge in [0.15, 0.2) is 16.6 Å². The molecule has 5 nitrogen and oxygen atoms in total. The molecule has 2 aromatic rings. The highest BCUT2D eigenvalue weighted by Crippen LogP contribution is 2.29. The van der Waals surface area contributed by atoms with E-state index in [9.17, 15) is 4.79 Å². The molecule has 1 amide bonds. The molecule has 134 valence electrons. The van der Waals surface area contributed by atoms with E-state index in [0.717, 1.165) is 29.0 Å². The number of ether oxygens (including phenoxy) is 2. The minimum atomic E-state index is -0.212. The van der Waals surface area contributed by atoms with Gasteiger partial charge in [-0.25, -0.2) is 4.98 Å². The summed E-state index contributed by atoms with van der Waals surface area (Å²) in [5.74, 6) is 1.16. The molecule has 0 radical (unpaired) electrons. The molecule has 25 heavy (non-hydrogen) atoms. The molecule has 0 aliphatic heterocycles. The Morgan fingerprint density at radius 1 is 1.32 bits per heavy atom. The van der Waals surface area contributed by atoms with Crippen LogP contribution < -0.4 is 14.8 Å². The molecule has 0 atom stereocenters. The van der Waals surface area contributed by atoms with Crippen molar-refractivity contribution in [1.82, 2.24) is 4.98 Å². The smallest absolute Gasteiger partial charge is 0.250 e. The van der Waals surface area contributed by atoms with E-state index < -0.39 is 0 Å². The Morgan fingerprint density at radius 3 is 2.76 bits per heavy atom. The van der Waals surface area contributed by atoms with Crippen molar-refractivity contribution in [1.29, 1.82) is 0 Å². The number of nitrogens with one attached hydrogen (secondary N) is 1. The number of carbonyl (C=O) groups is 1. The Kier molecular flexibility index (Phi) is 7.01. The first-order chi connectivity index (χ1) is 12.0. The van der Waals surface area contributed by atoms with Gasteiger partial charge in [0.2, 0.25) is 5.91 Å². The van der Waals surface area contributed by atoms with Crippen LogP contribution in [0.3, 0.4) is 0 Å². The number of benzene rings is 1. The lowest BCUT2D eigenvalue weighted by Crippen LogP contribution is -2.07. The van der Waals surface area contributed by atoms with Crippen molar-refractivity contribution >= 4 is 28.5 Å². The highest BCUT2D eigenvalue weighted by molar-refractivity contribution is 7.15. The van der Waals surface area contributed by atoms with Crippen LogP contribution in [0.2, 0.25) is 0 Å². The summed E-state index contributed by atoms with van der Waals surface area (Å²) < 4.78 is 11.1. The third-order valence-electron chi connectivity index (χ3n) is 3.63. The molecule has 0 aliphatic rings. The standard InChI is InChI=1S/C19H24N2O3S/c1-5-6-11-24-16-9-7-15(12-17(16)23-4)8-10-18(22)21-19-20-13(2)14(3)25-19/h7-10,12H,5-6,11H2,1-4H3,(H,20,21,22)/b10-8+. The number of carbonyl (C=O) groups excluding carboxylic acids is 1. The summed E-state index contributed by atoms with van der Waals surface area (Å²) >= 11 is 1.47. The van der Waals surface area contributed by atoms with Crippen LogP contribution in [0, 0.1) is 13.8 Å². The molecule has 1 aromatic carbocycles. The van der Waals surface area contributed by atoms with Crippen molar-refractivity contribution in [3.05, 3.63) is 40.4 Å². The van der Waals surface area contributed by atoms with Gasteiger partial charge in [-0.15, -0.1) is 11.3 Å². The van der Waals surface area contributed by atoms with E-state index in [1.807, 2.05) is 32.0 Å². The van der Waals surface area contributed by atoms with Gasteiger partial charge in [-0.3, -0.25) is 10.1 Å². The van der Waals surface area contributed by atoms with Crippen molar-refractivity contribution < 1.29 is 14.3 Å². The summed E-state index contributed by atoms with van der Waals surface area (Å²) in [6.45, 7) is 6.69. The van der Waals surface area contributed by atoms with Crippen LogP contribution in [0.5, 0.6) is 11.5 Å². The number of hydrogen-bond acceptors (Lipinski definition) is 5. The monoisotopic (exact) mass is 360 g/mol. The zero-order valence-corrected chi connectivity index (χ0v) is 15.9. The highest BCUT2D eigenvalue weighted by atomic mass is 32.1. The third-order valence-corrected chi connectivity index (χ3v) is 4.62. The SMILES string of the molecule is CCCCOc1ccc(/C=C/C(=O)Nc2nc(C)c(C)s2)cc1OC. The summed E-state index contributed by atoms with van der Waals surface area (Å²) in [4.78, 5) is 17.4. The van der Waals surface area contributed by atoms with E-state index in [1.165, 1.54) is 17.4 Å². The van der Waals surface area contributed by atoms with E-state index in [2.05, 4.69) is 17.2 Å². The highest BCUT2D eigenvalue weighted by Gasteiger charge is 2.07. The minimum absolute atomic E-state index is 0.212. The molecule has 1 N–H and O–H groups in total. The fourth-order valence-corrected chi connectivity index (χ4v) is 2.90. The van der Waals surface area contributed by atoms with E-state index >= 15 is 0 Å². The van der Waals surface area contributed by atoms with Gasteiger partial charge in [0.1, 0.15) is 0 Å². The minimum Gasteiger partial charge on any atom is -0.493 e. The molecule has 6 heteroatoms. The Hall–Kier alpha value is -2.34. The third kappa shape index (κ3) is 5.60. The number of rotatable bonds is 8. The lowest BCUT2D eigenvalue weighted by molar-refractivity contribution is -0.111. The number of hydrogen-bond donors (Lipinski definition) is 1. The van der Waals surface area contributed by atoms with Gasteiger partial charge < -0.3 is 9.47 Å². The van der Waals surface area contributed by atoms with Crippen molar-refractivity contribution in [2.24, 2.45) is 0 Å². The fourth-order valence-electron chi connectivity index (χ4n) is 2.08. The normalized spacial score (nSPS) is 10.9. The molecule has 2 rings (SSSR count). The first-order valence-corrected chi connectivity index (χ1v) is 9.09. The molecular formula is C19H24N2O3S. The van der Waals surface area contributed by atoms with Crippen LogP contribution in [0.15, 0.2) is 24.3 Å².